The van der Waals surface area contributed by atoms with Gasteiger partial charge < -0.3 is 5.32 Å². The molecular formula is C15H25N3O2S. The van der Waals surface area contributed by atoms with E-state index in [0.29, 0.717) is 18.3 Å². The molecule has 0 aromatic heterocycles. The molecule has 0 fully saturated rings. The Morgan fingerprint density at radius 2 is 2.19 bits per heavy atom. The third-order valence-corrected chi connectivity index (χ3v) is 4.27. The van der Waals surface area contributed by atoms with Gasteiger partial charge in [-0.15, -0.1) is 0 Å². The van der Waals surface area contributed by atoms with Crippen LogP contribution >= 0.6 is 11.8 Å². The molecule has 1 rings (SSSR count). The maximum absolute atomic E-state index is 11.2. The molecule has 0 amide bonds. The first kappa shape index (κ1) is 17.8. The van der Waals surface area contributed by atoms with Crippen molar-refractivity contribution >= 4 is 23.1 Å². The van der Waals surface area contributed by atoms with Crippen molar-refractivity contribution in [2.75, 3.05) is 30.9 Å². The number of anilines is 1. The summed E-state index contributed by atoms with van der Waals surface area (Å²) >= 11 is 1.81. The number of para-hydroxylation sites is 1. The Hall–Kier alpha value is -1.27. The lowest BCUT2D eigenvalue weighted by Crippen LogP contribution is -2.30. The van der Waals surface area contributed by atoms with Crippen molar-refractivity contribution in [3.63, 3.8) is 0 Å². The Labute approximate surface area is 131 Å². The van der Waals surface area contributed by atoms with E-state index >= 15 is 0 Å². The first-order chi connectivity index (χ1) is 10.0. The summed E-state index contributed by atoms with van der Waals surface area (Å²) in [5.74, 6) is 1.04. The average molecular weight is 311 g/mol. The van der Waals surface area contributed by atoms with E-state index < -0.39 is 0 Å². The fourth-order valence-electron chi connectivity index (χ4n) is 2.12. The quantitative estimate of drug-likeness (QED) is 0.558. The van der Waals surface area contributed by atoms with Gasteiger partial charge >= 0.3 is 0 Å². The van der Waals surface area contributed by atoms with Crippen LogP contribution in [0.1, 0.15) is 25.8 Å². The molecule has 118 valence electrons. The number of nitro benzene ring substituents is 1. The molecule has 5 nitrogen and oxygen atoms in total. The molecule has 0 bridgehead atoms. The molecule has 0 radical (unpaired) electrons. The van der Waals surface area contributed by atoms with Gasteiger partial charge in [-0.3, -0.25) is 15.0 Å². The van der Waals surface area contributed by atoms with Gasteiger partial charge in [0.05, 0.1) is 4.92 Å². The van der Waals surface area contributed by atoms with E-state index in [4.69, 9.17) is 0 Å². The summed E-state index contributed by atoms with van der Waals surface area (Å²) in [4.78, 5) is 13.1. The summed E-state index contributed by atoms with van der Waals surface area (Å²) in [5.41, 5.74) is 1.80. The fraction of sp³-hybridized carbons (Fsp3) is 0.600. The van der Waals surface area contributed by atoms with Gasteiger partial charge in [-0.2, -0.15) is 11.8 Å². The van der Waals surface area contributed by atoms with E-state index in [-0.39, 0.29) is 10.6 Å². The molecule has 1 aromatic rings. The average Bonchev–Trinajstić information content (AvgIpc) is 2.45. The standard InChI is InChI=1S/C15H25N3O2S/c1-5-9-16-15-13(7-6-8-14(15)18(19)20)10-17(3)12(2)11-21-4/h6-8,12,16H,5,9-11H2,1-4H3. The van der Waals surface area contributed by atoms with Crippen LogP contribution in [-0.2, 0) is 6.54 Å². The predicted octanol–water partition coefficient (Wildman–Crippen LogP) is 3.60. The van der Waals surface area contributed by atoms with E-state index in [1.807, 2.05) is 24.8 Å². The molecule has 1 N–H and O–H groups in total. The molecule has 6 heteroatoms. The van der Waals surface area contributed by atoms with Gasteiger partial charge in [0, 0.05) is 31.0 Å². The van der Waals surface area contributed by atoms with Crippen LogP contribution in [0, 0.1) is 10.1 Å². The highest BCUT2D eigenvalue weighted by Crippen LogP contribution is 2.29. The van der Waals surface area contributed by atoms with Crippen LogP contribution in [0.2, 0.25) is 0 Å². The van der Waals surface area contributed by atoms with Crippen molar-refractivity contribution in [2.24, 2.45) is 0 Å². The third-order valence-electron chi connectivity index (χ3n) is 3.46. The zero-order valence-electron chi connectivity index (χ0n) is 13.3. The number of hydrogen-bond acceptors (Lipinski definition) is 5. The van der Waals surface area contributed by atoms with Gasteiger partial charge in [-0.25, -0.2) is 0 Å². The lowest BCUT2D eigenvalue weighted by Gasteiger charge is -2.25. The largest absolute Gasteiger partial charge is 0.379 e. The molecule has 0 saturated heterocycles. The highest BCUT2D eigenvalue weighted by molar-refractivity contribution is 7.98. The predicted molar refractivity (Wildman–Crippen MR) is 91.2 cm³/mol. The van der Waals surface area contributed by atoms with Gasteiger partial charge in [-0.1, -0.05) is 19.1 Å². The smallest absolute Gasteiger partial charge is 0.292 e. The Kier molecular flexibility index (Phi) is 7.53. The number of rotatable bonds is 9. The molecule has 0 aliphatic carbocycles. The highest BCUT2D eigenvalue weighted by atomic mass is 32.2. The van der Waals surface area contributed by atoms with Crippen LogP contribution < -0.4 is 5.32 Å². The van der Waals surface area contributed by atoms with Gasteiger partial charge in [0.15, 0.2) is 0 Å². The summed E-state index contributed by atoms with van der Waals surface area (Å²) < 4.78 is 0. The van der Waals surface area contributed by atoms with Crippen LogP contribution in [0.5, 0.6) is 0 Å². The van der Waals surface area contributed by atoms with Gasteiger partial charge in [0.25, 0.3) is 5.69 Å². The van der Waals surface area contributed by atoms with Crippen molar-refractivity contribution < 1.29 is 4.92 Å². The van der Waals surface area contributed by atoms with Crippen LogP contribution in [0.3, 0.4) is 0 Å². The maximum Gasteiger partial charge on any atom is 0.292 e. The molecule has 1 atom stereocenters. The zero-order chi connectivity index (χ0) is 15.8. The van der Waals surface area contributed by atoms with Crippen LogP contribution in [-0.4, -0.2) is 41.5 Å². The second kappa shape index (κ2) is 8.89. The SMILES string of the molecule is CCCNc1c(CN(C)C(C)CSC)cccc1[N+](=O)[O-]. The third kappa shape index (κ3) is 5.21. The highest BCUT2D eigenvalue weighted by Gasteiger charge is 2.19. The second-order valence-electron chi connectivity index (χ2n) is 5.21. The zero-order valence-corrected chi connectivity index (χ0v) is 14.1. The van der Waals surface area contributed by atoms with Crippen LogP contribution in [0.15, 0.2) is 18.2 Å². The minimum atomic E-state index is -0.313. The molecule has 0 saturated carbocycles. The monoisotopic (exact) mass is 311 g/mol. The molecule has 1 unspecified atom stereocenters. The molecular weight excluding hydrogens is 286 g/mol. The normalized spacial score (nSPS) is 12.4. The first-order valence-electron chi connectivity index (χ1n) is 7.20. The number of nitrogens with one attached hydrogen (secondary N) is 1. The Bertz CT molecular complexity index is 468. The van der Waals surface area contributed by atoms with Crippen molar-refractivity contribution in [1.29, 1.82) is 0 Å². The maximum atomic E-state index is 11.2. The molecule has 1 aromatic carbocycles. The van der Waals surface area contributed by atoms with E-state index in [0.717, 1.165) is 24.3 Å². The molecule has 0 aliphatic rings. The fourth-order valence-corrected chi connectivity index (χ4v) is 2.85. The summed E-state index contributed by atoms with van der Waals surface area (Å²) in [6, 6.07) is 5.72. The van der Waals surface area contributed by atoms with Crippen LogP contribution in [0.4, 0.5) is 11.4 Å². The van der Waals surface area contributed by atoms with E-state index in [9.17, 15) is 10.1 Å². The van der Waals surface area contributed by atoms with Crippen molar-refractivity contribution in [2.45, 2.75) is 32.9 Å². The molecule has 0 heterocycles. The first-order valence-corrected chi connectivity index (χ1v) is 8.59. The summed E-state index contributed by atoms with van der Waals surface area (Å²) in [7, 11) is 2.06. The van der Waals surface area contributed by atoms with Crippen molar-refractivity contribution in [3.05, 3.63) is 33.9 Å². The molecule has 0 aliphatic heterocycles. The van der Waals surface area contributed by atoms with Gasteiger partial charge in [0.2, 0.25) is 0 Å². The van der Waals surface area contributed by atoms with Crippen molar-refractivity contribution in [1.82, 2.24) is 4.90 Å². The van der Waals surface area contributed by atoms with Gasteiger partial charge in [-0.05, 0) is 32.2 Å². The lowest BCUT2D eigenvalue weighted by molar-refractivity contribution is -0.384. The second-order valence-corrected chi connectivity index (χ2v) is 6.13. The topological polar surface area (TPSA) is 58.4 Å². The summed E-state index contributed by atoms with van der Waals surface area (Å²) in [5, 5.41) is 14.4. The summed E-state index contributed by atoms with van der Waals surface area (Å²) in [6.45, 7) is 5.67. The van der Waals surface area contributed by atoms with E-state index in [1.54, 1.807) is 12.1 Å². The summed E-state index contributed by atoms with van der Waals surface area (Å²) in [6.07, 6.45) is 3.02. The van der Waals surface area contributed by atoms with Gasteiger partial charge in [0.1, 0.15) is 5.69 Å². The molecule has 21 heavy (non-hydrogen) atoms. The number of nitro groups is 1. The lowest BCUT2D eigenvalue weighted by atomic mass is 10.1. The van der Waals surface area contributed by atoms with Crippen molar-refractivity contribution in [3.8, 4) is 0 Å². The van der Waals surface area contributed by atoms with E-state index in [1.165, 1.54) is 0 Å². The number of benzene rings is 1. The minimum Gasteiger partial charge on any atom is -0.379 e. The van der Waals surface area contributed by atoms with E-state index in [2.05, 4.69) is 30.4 Å². The Morgan fingerprint density at radius 3 is 2.76 bits per heavy atom. The number of thioether (sulfide) groups is 1. The van der Waals surface area contributed by atoms with Crippen LogP contribution in [0.25, 0.3) is 0 Å². The molecule has 0 spiro atoms. The minimum absolute atomic E-state index is 0.159. The number of nitrogens with zero attached hydrogens (tertiary/aromatic N) is 2. The Balaban J connectivity index is 2.99. The number of hydrogen-bond donors (Lipinski definition) is 1. The Morgan fingerprint density at radius 1 is 1.48 bits per heavy atom.